The average Bonchev–Trinajstić information content (AvgIpc) is 3.06. The third-order valence-electron chi connectivity index (χ3n) is 4.59. The van der Waals surface area contributed by atoms with Gasteiger partial charge >= 0.3 is 0 Å². The molecule has 0 radical (unpaired) electrons. The lowest BCUT2D eigenvalue weighted by Gasteiger charge is -2.36. The largest absolute Gasteiger partial charge is 0.353 e. The molecule has 9 nitrogen and oxygen atoms in total. The quantitative estimate of drug-likeness (QED) is 0.747. The van der Waals surface area contributed by atoms with Crippen molar-refractivity contribution < 1.29 is 4.79 Å². The molecule has 2 aromatic heterocycles. The van der Waals surface area contributed by atoms with Crippen LogP contribution in [0.4, 0.5) is 5.82 Å². The summed E-state index contributed by atoms with van der Waals surface area (Å²) >= 11 is 0. The van der Waals surface area contributed by atoms with E-state index in [2.05, 4.69) is 35.4 Å². The number of fused-ring (bicyclic) bond motifs is 1. The maximum atomic E-state index is 12.3. The predicted octanol–water partition coefficient (Wildman–Crippen LogP) is -0.755. The molecule has 0 bridgehead atoms. The number of piperazine rings is 1. The molecule has 2 aliphatic heterocycles. The Morgan fingerprint density at radius 1 is 1.00 bits per heavy atom. The maximum absolute atomic E-state index is 12.3. The summed E-state index contributed by atoms with van der Waals surface area (Å²) in [7, 11) is 0. The number of amides is 1. The van der Waals surface area contributed by atoms with E-state index in [1.807, 2.05) is 0 Å². The zero-order valence-corrected chi connectivity index (χ0v) is 13.4. The lowest BCUT2D eigenvalue weighted by molar-refractivity contribution is 0.0734. The van der Waals surface area contributed by atoms with Gasteiger partial charge in [0.05, 0.1) is 5.69 Å². The van der Waals surface area contributed by atoms with Gasteiger partial charge in [-0.2, -0.15) is 5.10 Å². The number of aromatic nitrogens is 5. The van der Waals surface area contributed by atoms with Crippen LogP contribution in [0.5, 0.6) is 0 Å². The molecule has 4 heterocycles. The SMILES string of the molecule is O=C(c1ncn[nH]1)N1CCN(c2ncnc3c2CCNCC3)CC1. The highest BCUT2D eigenvalue weighted by molar-refractivity contribution is 5.90. The zero-order valence-electron chi connectivity index (χ0n) is 13.4. The van der Waals surface area contributed by atoms with Gasteiger partial charge in [0.1, 0.15) is 18.5 Å². The van der Waals surface area contributed by atoms with Crippen molar-refractivity contribution in [3.05, 3.63) is 29.7 Å². The van der Waals surface area contributed by atoms with E-state index in [1.54, 1.807) is 11.2 Å². The molecule has 2 aliphatic rings. The average molecular weight is 328 g/mol. The molecular weight excluding hydrogens is 308 g/mol. The summed E-state index contributed by atoms with van der Waals surface area (Å²) in [5.74, 6) is 1.22. The number of anilines is 1. The van der Waals surface area contributed by atoms with E-state index >= 15 is 0 Å². The summed E-state index contributed by atoms with van der Waals surface area (Å²) < 4.78 is 0. The minimum absolute atomic E-state index is 0.0992. The summed E-state index contributed by atoms with van der Waals surface area (Å²) in [5.41, 5.74) is 2.39. The Morgan fingerprint density at radius 2 is 1.83 bits per heavy atom. The van der Waals surface area contributed by atoms with Crippen LogP contribution < -0.4 is 10.2 Å². The van der Waals surface area contributed by atoms with Crippen LogP contribution in [0.3, 0.4) is 0 Å². The van der Waals surface area contributed by atoms with Gasteiger partial charge in [-0.25, -0.2) is 15.0 Å². The Morgan fingerprint density at radius 3 is 2.62 bits per heavy atom. The number of carbonyl (C=O) groups is 1. The van der Waals surface area contributed by atoms with Gasteiger partial charge in [0.15, 0.2) is 0 Å². The molecule has 9 heteroatoms. The van der Waals surface area contributed by atoms with Gasteiger partial charge in [0.25, 0.3) is 5.91 Å². The van der Waals surface area contributed by atoms with Gasteiger partial charge in [-0.1, -0.05) is 0 Å². The second-order valence-corrected chi connectivity index (χ2v) is 5.99. The summed E-state index contributed by atoms with van der Waals surface area (Å²) in [6, 6.07) is 0. The molecule has 1 saturated heterocycles. The van der Waals surface area contributed by atoms with Crippen LogP contribution >= 0.6 is 0 Å². The Kier molecular flexibility index (Phi) is 4.08. The van der Waals surface area contributed by atoms with Crippen LogP contribution in [0.1, 0.15) is 21.9 Å². The van der Waals surface area contributed by atoms with E-state index < -0.39 is 0 Å². The van der Waals surface area contributed by atoms with Crippen molar-refractivity contribution in [3.63, 3.8) is 0 Å². The molecule has 126 valence electrons. The molecule has 0 saturated carbocycles. The first-order valence-electron chi connectivity index (χ1n) is 8.26. The lowest BCUT2D eigenvalue weighted by atomic mass is 10.1. The third-order valence-corrected chi connectivity index (χ3v) is 4.59. The summed E-state index contributed by atoms with van der Waals surface area (Å²) in [6.07, 6.45) is 4.90. The lowest BCUT2D eigenvalue weighted by Crippen LogP contribution is -2.49. The van der Waals surface area contributed by atoms with E-state index in [0.717, 1.165) is 50.5 Å². The van der Waals surface area contributed by atoms with E-state index in [1.165, 1.54) is 11.9 Å². The number of aromatic amines is 1. The number of carbonyl (C=O) groups excluding carboxylic acids is 1. The van der Waals surface area contributed by atoms with Crippen LogP contribution in [0.2, 0.25) is 0 Å². The summed E-state index contributed by atoms with van der Waals surface area (Å²) in [4.78, 5) is 29.3. The highest BCUT2D eigenvalue weighted by Gasteiger charge is 2.26. The van der Waals surface area contributed by atoms with Crippen LogP contribution in [0.25, 0.3) is 0 Å². The Hall–Kier alpha value is -2.55. The van der Waals surface area contributed by atoms with Crippen molar-refractivity contribution in [1.29, 1.82) is 0 Å². The van der Waals surface area contributed by atoms with E-state index in [0.29, 0.717) is 18.9 Å². The number of H-pyrrole nitrogens is 1. The predicted molar refractivity (Wildman–Crippen MR) is 86.8 cm³/mol. The van der Waals surface area contributed by atoms with Crippen molar-refractivity contribution in [3.8, 4) is 0 Å². The highest BCUT2D eigenvalue weighted by atomic mass is 16.2. The first kappa shape index (κ1) is 15.0. The van der Waals surface area contributed by atoms with Gasteiger partial charge in [0, 0.05) is 44.7 Å². The van der Waals surface area contributed by atoms with Gasteiger partial charge < -0.3 is 15.1 Å². The van der Waals surface area contributed by atoms with Crippen molar-refractivity contribution in [2.75, 3.05) is 44.2 Å². The summed E-state index contributed by atoms with van der Waals surface area (Å²) in [5, 5.41) is 9.78. The molecule has 0 unspecified atom stereocenters. The number of rotatable bonds is 2. The number of hydrogen-bond acceptors (Lipinski definition) is 7. The second kappa shape index (κ2) is 6.52. The van der Waals surface area contributed by atoms with Gasteiger partial charge in [-0.3, -0.25) is 9.89 Å². The molecular formula is C15H20N8O. The third kappa shape index (κ3) is 2.82. The minimum Gasteiger partial charge on any atom is -0.353 e. The normalized spacial score (nSPS) is 18.2. The fraction of sp³-hybridized carbons (Fsp3) is 0.533. The maximum Gasteiger partial charge on any atom is 0.291 e. The van der Waals surface area contributed by atoms with Crippen molar-refractivity contribution in [1.82, 2.24) is 35.4 Å². The van der Waals surface area contributed by atoms with Crippen LogP contribution in [0, 0.1) is 0 Å². The molecule has 24 heavy (non-hydrogen) atoms. The van der Waals surface area contributed by atoms with E-state index in [4.69, 9.17) is 0 Å². The minimum atomic E-state index is -0.0992. The van der Waals surface area contributed by atoms with Crippen molar-refractivity contribution in [2.24, 2.45) is 0 Å². The zero-order chi connectivity index (χ0) is 16.4. The summed E-state index contributed by atoms with van der Waals surface area (Å²) in [6.45, 7) is 4.74. The fourth-order valence-electron chi connectivity index (χ4n) is 3.31. The molecule has 1 fully saturated rings. The molecule has 1 amide bonds. The topological polar surface area (TPSA) is 103 Å². The molecule has 0 atom stereocenters. The molecule has 4 rings (SSSR count). The van der Waals surface area contributed by atoms with Crippen molar-refractivity contribution >= 4 is 11.7 Å². The number of nitrogens with zero attached hydrogens (tertiary/aromatic N) is 6. The van der Waals surface area contributed by atoms with Crippen LogP contribution in [0.15, 0.2) is 12.7 Å². The number of hydrogen-bond donors (Lipinski definition) is 2. The van der Waals surface area contributed by atoms with Crippen LogP contribution in [-0.4, -0.2) is 75.2 Å². The smallest absolute Gasteiger partial charge is 0.291 e. The molecule has 2 aromatic rings. The Balaban J connectivity index is 1.47. The van der Waals surface area contributed by atoms with E-state index in [9.17, 15) is 4.79 Å². The Labute approximate surface area is 139 Å². The second-order valence-electron chi connectivity index (χ2n) is 5.99. The molecule has 2 N–H and O–H groups in total. The van der Waals surface area contributed by atoms with Crippen LogP contribution in [-0.2, 0) is 12.8 Å². The van der Waals surface area contributed by atoms with E-state index in [-0.39, 0.29) is 5.91 Å². The molecule has 0 aliphatic carbocycles. The molecule has 0 spiro atoms. The van der Waals surface area contributed by atoms with Crippen molar-refractivity contribution in [2.45, 2.75) is 12.8 Å². The first-order chi connectivity index (χ1) is 11.8. The van der Waals surface area contributed by atoms with Gasteiger partial charge in [0.2, 0.25) is 5.82 Å². The highest BCUT2D eigenvalue weighted by Crippen LogP contribution is 2.23. The first-order valence-corrected chi connectivity index (χ1v) is 8.26. The molecule has 0 aromatic carbocycles. The Bertz CT molecular complexity index is 708. The van der Waals surface area contributed by atoms with Gasteiger partial charge in [-0.05, 0) is 13.0 Å². The van der Waals surface area contributed by atoms with Gasteiger partial charge in [-0.15, -0.1) is 0 Å². The monoisotopic (exact) mass is 328 g/mol. The number of nitrogens with one attached hydrogen (secondary N) is 2. The standard InChI is InChI=1S/C15H20N8O/c24-15(13-18-10-20-21-13)23-7-5-22(6-8-23)14-11-1-3-16-4-2-12(11)17-9-19-14/h9-10,16H,1-8H2,(H,18,20,21). The fourth-order valence-corrected chi connectivity index (χ4v) is 3.31.